The van der Waals surface area contributed by atoms with Crippen LogP contribution in [0, 0.1) is 0 Å². The van der Waals surface area contributed by atoms with Crippen molar-refractivity contribution in [3.8, 4) is 0 Å². The second-order valence-corrected chi connectivity index (χ2v) is 4.54. The summed E-state index contributed by atoms with van der Waals surface area (Å²) < 4.78 is 0. The average molecular weight is 298 g/mol. The number of thiocarbonyl (C=S) groups is 2. The normalized spacial score (nSPS) is 20.3. The Morgan fingerprint density at radius 3 is 2.30 bits per heavy atom. The molecular formula is C15H10N2OS2. The molecule has 2 rings (SSSR count). The lowest BCUT2D eigenvalue weighted by Crippen LogP contribution is -2.22. The summed E-state index contributed by atoms with van der Waals surface area (Å²) in [6.45, 7) is 0. The van der Waals surface area contributed by atoms with Crippen molar-refractivity contribution in [3.05, 3.63) is 59.7 Å². The maximum absolute atomic E-state index is 12.3. The van der Waals surface area contributed by atoms with Crippen LogP contribution in [0.1, 0.15) is 16.8 Å². The second-order valence-electron chi connectivity index (χ2n) is 4.18. The van der Waals surface area contributed by atoms with Gasteiger partial charge in [-0.3, -0.25) is 4.79 Å². The van der Waals surface area contributed by atoms with E-state index in [1.165, 1.54) is 0 Å². The average Bonchev–Trinajstić information content (AvgIpc) is 2.49. The zero-order valence-corrected chi connectivity index (χ0v) is 12.1. The van der Waals surface area contributed by atoms with Crippen molar-refractivity contribution in [1.29, 1.82) is 0 Å². The first-order chi connectivity index (χ1) is 9.71. The molecule has 0 saturated heterocycles. The van der Waals surface area contributed by atoms with Crippen molar-refractivity contribution in [3.63, 3.8) is 0 Å². The highest BCUT2D eigenvalue weighted by Gasteiger charge is 2.27. The Morgan fingerprint density at radius 1 is 1.15 bits per heavy atom. The lowest BCUT2D eigenvalue weighted by molar-refractivity contribution is 0.103. The third kappa shape index (κ3) is 3.10. The van der Waals surface area contributed by atoms with Gasteiger partial charge in [0.2, 0.25) is 0 Å². The Hall–Kier alpha value is -2.03. The number of rotatable bonds is 4. The minimum atomic E-state index is -0.899. The highest BCUT2D eigenvalue weighted by atomic mass is 32.1. The van der Waals surface area contributed by atoms with E-state index in [0.29, 0.717) is 17.6 Å². The molecule has 0 atom stereocenters. The Kier molecular flexibility index (Phi) is 4.61. The van der Waals surface area contributed by atoms with Gasteiger partial charge in [-0.2, -0.15) is 9.98 Å². The number of carbonyl (C=O) groups is 1. The molecule has 0 fully saturated rings. The van der Waals surface area contributed by atoms with Crippen molar-refractivity contribution >= 4 is 40.5 Å². The van der Waals surface area contributed by atoms with Crippen LogP contribution >= 0.6 is 24.4 Å². The number of aliphatic imine (C=N–C) groups is 2. The van der Waals surface area contributed by atoms with Gasteiger partial charge in [0.15, 0.2) is 11.4 Å². The van der Waals surface area contributed by atoms with Crippen LogP contribution in [-0.2, 0) is 0 Å². The third-order valence-electron chi connectivity index (χ3n) is 2.93. The summed E-state index contributed by atoms with van der Waals surface area (Å²) in [6.07, 6.45) is 5.57. The van der Waals surface area contributed by atoms with Crippen LogP contribution < -0.4 is 0 Å². The summed E-state index contributed by atoms with van der Waals surface area (Å²) >= 11 is 9.23. The standard InChI is InChI=1S/C15H10N2OS2/c18-14(12-4-2-1-3-5-12)13-6-8-15(9-7-13,16-10-19)17-11-20/h1-8H,9H2. The highest BCUT2D eigenvalue weighted by molar-refractivity contribution is 7.78. The molecule has 1 aliphatic rings. The Morgan fingerprint density at radius 2 is 1.80 bits per heavy atom. The highest BCUT2D eigenvalue weighted by Crippen LogP contribution is 2.27. The molecule has 0 spiro atoms. The van der Waals surface area contributed by atoms with E-state index < -0.39 is 5.66 Å². The van der Waals surface area contributed by atoms with Gasteiger partial charge in [-0.25, -0.2) is 0 Å². The summed E-state index contributed by atoms with van der Waals surface area (Å²) in [5.41, 5.74) is 0.350. The summed E-state index contributed by atoms with van der Waals surface area (Å²) in [4.78, 5) is 20.3. The van der Waals surface area contributed by atoms with Gasteiger partial charge in [-0.05, 0) is 30.5 Å². The van der Waals surface area contributed by atoms with Crippen molar-refractivity contribution in [2.75, 3.05) is 0 Å². The second kappa shape index (κ2) is 6.42. The van der Waals surface area contributed by atoms with Crippen molar-refractivity contribution in [1.82, 2.24) is 0 Å². The monoisotopic (exact) mass is 298 g/mol. The van der Waals surface area contributed by atoms with Crippen LogP contribution in [-0.4, -0.2) is 21.8 Å². The minimum Gasteiger partial charge on any atom is -0.289 e. The Bertz CT molecular complexity index is 661. The molecule has 5 heteroatoms. The maximum atomic E-state index is 12.3. The molecule has 0 heterocycles. The molecule has 0 amide bonds. The minimum absolute atomic E-state index is 0.0342. The number of allylic oxidation sites excluding steroid dienone is 2. The van der Waals surface area contributed by atoms with Gasteiger partial charge < -0.3 is 0 Å². The first kappa shape index (κ1) is 14.4. The zero-order chi connectivity index (χ0) is 14.4. The summed E-state index contributed by atoms with van der Waals surface area (Å²) in [7, 11) is 0. The number of ketones is 1. The lowest BCUT2D eigenvalue weighted by atomic mass is 9.93. The number of Topliss-reactive ketones (excluding diaryl/α,β-unsaturated/α-hetero) is 1. The van der Waals surface area contributed by atoms with E-state index in [2.05, 4.69) is 44.7 Å². The number of benzene rings is 1. The number of nitrogens with zero attached hydrogens (tertiary/aromatic N) is 2. The van der Waals surface area contributed by atoms with Crippen LogP contribution in [0.3, 0.4) is 0 Å². The summed E-state index contributed by atoms with van der Waals surface area (Å²) in [5.74, 6) is -0.0342. The van der Waals surface area contributed by atoms with Crippen molar-refractivity contribution in [2.24, 2.45) is 9.98 Å². The van der Waals surface area contributed by atoms with E-state index in [4.69, 9.17) is 0 Å². The van der Waals surface area contributed by atoms with Crippen LogP contribution in [0.5, 0.6) is 0 Å². The van der Waals surface area contributed by atoms with E-state index in [1.54, 1.807) is 30.4 Å². The molecule has 0 N–H and O–H groups in total. The zero-order valence-electron chi connectivity index (χ0n) is 10.4. The quantitative estimate of drug-likeness (QED) is 0.484. The van der Waals surface area contributed by atoms with E-state index in [1.807, 2.05) is 18.2 Å². The molecule has 0 saturated carbocycles. The molecule has 0 aromatic heterocycles. The first-order valence-electron chi connectivity index (χ1n) is 5.88. The molecule has 0 radical (unpaired) electrons. The molecule has 1 aromatic rings. The van der Waals surface area contributed by atoms with Gasteiger partial charge in [-0.1, -0.05) is 42.5 Å². The van der Waals surface area contributed by atoms with Gasteiger partial charge >= 0.3 is 0 Å². The van der Waals surface area contributed by atoms with Gasteiger partial charge in [0.25, 0.3) is 0 Å². The Labute approximate surface area is 127 Å². The van der Waals surface area contributed by atoms with Gasteiger partial charge in [-0.15, -0.1) is 0 Å². The van der Waals surface area contributed by atoms with Crippen molar-refractivity contribution < 1.29 is 4.79 Å². The maximum Gasteiger partial charge on any atom is 0.192 e. The smallest absolute Gasteiger partial charge is 0.192 e. The van der Waals surface area contributed by atoms with E-state index in [0.717, 1.165) is 0 Å². The van der Waals surface area contributed by atoms with Crippen LogP contribution in [0.15, 0.2) is 64.1 Å². The lowest BCUT2D eigenvalue weighted by Gasteiger charge is -2.20. The molecule has 20 heavy (non-hydrogen) atoms. The summed E-state index contributed by atoms with van der Waals surface area (Å²) in [6, 6.07) is 9.09. The fourth-order valence-electron chi connectivity index (χ4n) is 1.89. The summed E-state index contributed by atoms with van der Waals surface area (Å²) in [5, 5.41) is 4.60. The van der Waals surface area contributed by atoms with Crippen LogP contribution in [0.2, 0.25) is 0 Å². The molecule has 3 nitrogen and oxygen atoms in total. The van der Waals surface area contributed by atoms with Crippen LogP contribution in [0.25, 0.3) is 0 Å². The number of isothiocyanates is 2. The van der Waals surface area contributed by atoms with Gasteiger partial charge in [0.1, 0.15) is 0 Å². The SMILES string of the molecule is O=C(C1=CCC(N=C=S)(N=C=S)C=C1)c1ccccc1. The molecule has 1 aliphatic carbocycles. The predicted molar refractivity (Wildman–Crippen MR) is 85.4 cm³/mol. The van der Waals surface area contributed by atoms with E-state index in [9.17, 15) is 4.79 Å². The molecule has 0 aliphatic heterocycles. The predicted octanol–water partition coefficient (Wildman–Crippen LogP) is 3.66. The molecule has 1 aromatic carbocycles. The topological polar surface area (TPSA) is 41.8 Å². The fourth-order valence-corrected chi connectivity index (χ4v) is 2.21. The first-order valence-corrected chi connectivity index (χ1v) is 6.70. The fraction of sp³-hybridized carbons (Fsp3) is 0.133. The third-order valence-corrected chi connectivity index (χ3v) is 3.11. The molecule has 98 valence electrons. The number of carbonyl (C=O) groups excluding carboxylic acids is 1. The van der Waals surface area contributed by atoms with Crippen LogP contribution in [0.4, 0.5) is 0 Å². The molecule has 0 bridgehead atoms. The molecule has 0 unspecified atom stereocenters. The largest absolute Gasteiger partial charge is 0.289 e. The Balaban J connectivity index is 2.26. The van der Waals surface area contributed by atoms with Crippen molar-refractivity contribution in [2.45, 2.75) is 12.1 Å². The van der Waals surface area contributed by atoms with Gasteiger partial charge in [0.05, 0.1) is 10.3 Å². The number of hydrogen-bond donors (Lipinski definition) is 0. The van der Waals surface area contributed by atoms with E-state index >= 15 is 0 Å². The molecular weight excluding hydrogens is 288 g/mol. The van der Waals surface area contributed by atoms with E-state index in [-0.39, 0.29) is 5.78 Å². The number of hydrogen-bond acceptors (Lipinski definition) is 5. The van der Waals surface area contributed by atoms with Gasteiger partial charge in [0, 0.05) is 17.6 Å².